The van der Waals surface area contributed by atoms with Crippen molar-refractivity contribution in [1.29, 1.82) is 0 Å². The van der Waals surface area contributed by atoms with Gasteiger partial charge in [-0.25, -0.2) is 12.7 Å². The monoisotopic (exact) mass is 306 g/mol. The average molecular weight is 306 g/mol. The Hall–Kier alpha value is -0.660. The zero-order valence-electron chi connectivity index (χ0n) is 12.4. The number of carbonyl (C=O) groups excluding carboxylic acids is 1. The molecular weight excluding hydrogens is 280 g/mol. The summed E-state index contributed by atoms with van der Waals surface area (Å²) in [5.41, 5.74) is 0. The molecule has 1 aliphatic rings. The molecule has 1 fully saturated rings. The van der Waals surface area contributed by atoms with Gasteiger partial charge < -0.3 is 10.1 Å². The van der Waals surface area contributed by atoms with Crippen LogP contribution in [0.25, 0.3) is 0 Å². The number of hydrogen-bond donors (Lipinski definition) is 1. The highest BCUT2D eigenvalue weighted by Crippen LogP contribution is 2.16. The Morgan fingerprint density at radius 2 is 1.95 bits per heavy atom. The lowest BCUT2D eigenvalue weighted by Crippen LogP contribution is -2.42. The summed E-state index contributed by atoms with van der Waals surface area (Å²) in [6, 6.07) is 0. The molecule has 1 aliphatic heterocycles. The van der Waals surface area contributed by atoms with Gasteiger partial charge in [-0.05, 0) is 45.2 Å². The summed E-state index contributed by atoms with van der Waals surface area (Å²) in [6.45, 7) is 6.66. The van der Waals surface area contributed by atoms with E-state index in [0.717, 1.165) is 32.4 Å². The Labute approximate surface area is 121 Å². The van der Waals surface area contributed by atoms with Gasteiger partial charge in [-0.15, -0.1) is 0 Å². The van der Waals surface area contributed by atoms with Crippen LogP contribution >= 0.6 is 0 Å². The van der Waals surface area contributed by atoms with Gasteiger partial charge in [0.15, 0.2) is 5.75 Å². The maximum absolute atomic E-state index is 12.3. The molecule has 0 aromatic carbocycles. The fraction of sp³-hybridized carbons (Fsp3) is 0.923. The SMILES string of the molecule is CCCN(CC1CCNCC1)S(=O)(=O)CC(=O)OCC. The van der Waals surface area contributed by atoms with E-state index in [9.17, 15) is 13.2 Å². The Morgan fingerprint density at radius 3 is 2.50 bits per heavy atom. The molecule has 20 heavy (non-hydrogen) atoms. The van der Waals surface area contributed by atoms with Crippen molar-refractivity contribution in [3.63, 3.8) is 0 Å². The van der Waals surface area contributed by atoms with Gasteiger partial charge in [0.25, 0.3) is 0 Å². The summed E-state index contributed by atoms with van der Waals surface area (Å²) in [5.74, 6) is -0.843. The maximum atomic E-state index is 12.3. The third-order valence-corrected chi connectivity index (χ3v) is 5.11. The van der Waals surface area contributed by atoms with Crippen molar-refractivity contribution in [2.45, 2.75) is 33.1 Å². The van der Waals surface area contributed by atoms with Crippen LogP contribution in [-0.2, 0) is 19.6 Å². The van der Waals surface area contributed by atoms with E-state index in [-0.39, 0.29) is 6.61 Å². The third kappa shape index (κ3) is 5.76. The number of hydrogen-bond acceptors (Lipinski definition) is 5. The highest BCUT2D eigenvalue weighted by molar-refractivity contribution is 7.89. The van der Waals surface area contributed by atoms with E-state index in [1.807, 2.05) is 6.92 Å². The Balaban J connectivity index is 2.64. The molecular formula is C13H26N2O4S. The van der Waals surface area contributed by atoms with E-state index in [1.54, 1.807) is 6.92 Å². The van der Waals surface area contributed by atoms with Crippen LogP contribution in [0.5, 0.6) is 0 Å². The lowest BCUT2D eigenvalue weighted by Gasteiger charge is -2.29. The average Bonchev–Trinajstić information content (AvgIpc) is 2.39. The number of sulfonamides is 1. The maximum Gasteiger partial charge on any atom is 0.322 e. The summed E-state index contributed by atoms with van der Waals surface area (Å²) in [4.78, 5) is 11.4. The van der Waals surface area contributed by atoms with E-state index >= 15 is 0 Å². The minimum Gasteiger partial charge on any atom is -0.465 e. The van der Waals surface area contributed by atoms with Crippen LogP contribution < -0.4 is 5.32 Å². The summed E-state index contributed by atoms with van der Waals surface area (Å²) in [7, 11) is -3.57. The second kappa shape index (κ2) is 8.59. The zero-order valence-corrected chi connectivity index (χ0v) is 13.2. The minimum absolute atomic E-state index is 0.205. The highest BCUT2D eigenvalue weighted by Gasteiger charge is 2.28. The van der Waals surface area contributed by atoms with Gasteiger partial charge in [-0.2, -0.15) is 0 Å². The van der Waals surface area contributed by atoms with E-state index in [4.69, 9.17) is 4.74 Å². The van der Waals surface area contributed by atoms with Crippen molar-refractivity contribution >= 4 is 16.0 Å². The molecule has 7 heteroatoms. The molecule has 1 heterocycles. The number of rotatable bonds is 8. The predicted octanol–water partition coefficient (Wildman–Crippen LogP) is 0.591. The van der Waals surface area contributed by atoms with Crippen molar-refractivity contribution in [1.82, 2.24) is 9.62 Å². The molecule has 1 saturated heterocycles. The van der Waals surface area contributed by atoms with Gasteiger partial charge in [-0.1, -0.05) is 6.92 Å². The van der Waals surface area contributed by atoms with Crippen LogP contribution in [-0.4, -0.2) is 57.2 Å². The summed E-state index contributed by atoms with van der Waals surface area (Å²) >= 11 is 0. The van der Waals surface area contributed by atoms with Crippen molar-refractivity contribution in [2.75, 3.05) is 38.5 Å². The van der Waals surface area contributed by atoms with E-state index in [2.05, 4.69) is 5.32 Å². The first-order valence-electron chi connectivity index (χ1n) is 7.33. The van der Waals surface area contributed by atoms with Gasteiger partial charge in [0.1, 0.15) is 0 Å². The van der Waals surface area contributed by atoms with E-state index < -0.39 is 21.7 Å². The second-order valence-corrected chi connectivity index (χ2v) is 7.08. The first-order chi connectivity index (χ1) is 9.49. The predicted molar refractivity (Wildman–Crippen MR) is 77.9 cm³/mol. The molecule has 6 nitrogen and oxygen atoms in total. The van der Waals surface area contributed by atoms with Crippen LogP contribution in [0.2, 0.25) is 0 Å². The largest absolute Gasteiger partial charge is 0.465 e. The van der Waals surface area contributed by atoms with Gasteiger partial charge in [0, 0.05) is 13.1 Å². The first-order valence-corrected chi connectivity index (χ1v) is 8.94. The minimum atomic E-state index is -3.57. The van der Waals surface area contributed by atoms with Crippen molar-refractivity contribution in [3.05, 3.63) is 0 Å². The smallest absolute Gasteiger partial charge is 0.322 e. The molecule has 1 rings (SSSR count). The molecule has 0 aliphatic carbocycles. The number of nitrogens with zero attached hydrogens (tertiary/aromatic N) is 1. The van der Waals surface area contributed by atoms with Gasteiger partial charge in [0.2, 0.25) is 10.0 Å². The van der Waals surface area contributed by atoms with E-state index in [1.165, 1.54) is 4.31 Å². The van der Waals surface area contributed by atoms with Crippen LogP contribution in [0.1, 0.15) is 33.1 Å². The Kier molecular flexibility index (Phi) is 7.47. The van der Waals surface area contributed by atoms with Crippen molar-refractivity contribution < 1.29 is 17.9 Å². The van der Waals surface area contributed by atoms with Crippen LogP contribution in [0.15, 0.2) is 0 Å². The Morgan fingerprint density at radius 1 is 1.30 bits per heavy atom. The molecule has 0 aromatic heterocycles. The summed E-state index contributed by atoms with van der Waals surface area (Å²) in [5, 5.41) is 3.27. The molecule has 0 radical (unpaired) electrons. The number of piperidine rings is 1. The van der Waals surface area contributed by atoms with Crippen LogP contribution in [0.4, 0.5) is 0 Å². The summed E-state index contributed by atoms with van der Waals surface area (Å²) < 4.78 is 30.8. The molecule has 0 bridgehead atoms. The third-order valence-electron chi connectivity index (χ3n) is 3.39. The molecule has 0 aromatic rings. The molecule has 0 saturated carbocycles. The highest BCUT2D eigenvalue weighted by atomic mass is 32.2. The van der Waals surface area contributed by atoms with Gasteiger partial charge in [-0.3, -0.25) is 4.79 Å². The van der Waals surface area contributed by atoms with Gasteiger partial charge >= 0.3 is 5.97 Å². The van der Waals surface area contributed by atoms with Crippen molar-refractivity contribution in [2.24, 2.45) is 5.92 Å². The molecule has 0 atom stereocenters. The normalized spacial score (nSPS) is 17.4. The molecule has 0 spiro atoms. The lowest BCUT2D eigenvalue weighted by molar-refractivity contribution is -0.140. The standard InChI is InChI=1S/C13H26N2O4S/c1-3-9-15(10-12-5-7-14-8-6-12)20(17,18)11-13(16)19-4-2/h12,14H,3-11H2,1-2H3. The lowest BCUT2D eigenvalue weighted by atomic mass is 9.98. The van der Waals surface area contributed by atoms with Crippen LogP contribution in [0, 0.1) is 5.92 Å². The van der Waals surface area contributed by atoms with Crippen molar-refractivity contribution in [3.8, 4) is 0 Å². The summed E-state index contributed by atoms with van der Waals surface area (Å²) in [6.07, 6.45) is 2.71. The number of carbonyl (C=O) groups is 1. The fourth-order valence-electron chi connectivity index (χ4n) is 2.39. The first kappa shape index (κ1) is 17.4. The topological polar surface area (TPSA) is 75.7 Å². The number of nitrogens with one attached hydrogen (secondary N) is 1. The number of ether oxygens (including phenoxy) is 1. The van der Waals surface area contributed by atoms with Gasteiger partial charge in [0.05, 0.1) is 6.61 Å². The second-order valence-electron chi connectivity index (χ2n) is 5.11. The molecule has 0 amide bonds. The Bertz CT molecular complexity index is 391. The molecule has 0 unspecified atom stereocenters. The number of esters is 1. The van der Waals surface area contributed by atoms with E-state index in [0.29, 0.717) is 19.0 Å². The molecule has 1 N–H and O–H groups in total. The fourth-order valence-corrected chi connectivity index (χ4v) is 3.85. The zero-order chi connectivity index (χ0) is 15.0. The van der Waals surface area contributed by atoms with Crippen LogP contribution in [0.3, 0.4) is 0 Å². The molecule has 118 valence electrons. The quantitative estimate of drug-likeness (QED) is 0.664.